The molecular weight excluding hydrogens is 522 g/mol. The second-order valence-electron chi connectivity index (χ2n) is 10.3. The van der Waals surface area contributed by atoms with E-state index in [9.17, 15) is 14.7 Å². The van der Waals surface area contributed by atoms with E-state index in [1.807, 2.05) is 13.8 Å². The number of Topliss-reactive ketones (excluding diaryl/α,β-unsaturated/α-hetero) is 1. The Morgan fingerprint density at radius 2 is 1.97 bits per heavy atom. The molecule has 3 heterocycles. The third-order valence-electron chi connectivity index (χ3n) is 7.38. The summed E-state index contributed by atoms with van der Waals surface area (Å²) in [5, 5.41) is 10.5. The van der Waals surface area contributed by atoms with Crippen LogP contribution in [0.1, 0.15) is 51.3 Å². The summed E-state index contributed by atoms with van der Waals surface area (Å²) in [6.07, 6.45) is 1.44. The Bertz CT molecular complexity index is 1300. The molecule has 1 aromatic carbocycles. The number of nitrogens with zero attached hydrogens (tertiary/aromatic N) is 4. The maximum atomic E-state index is 12.6. The van der Waals surface area contributed by atoms with Crippen molar-refractivity contribution in [1.82, 2.24) is 14.9 Å². The van der Waals surface area contributed by atoms with Gasteiger partial charge in [0.05, 0.1) is 35.0 Å². The smallest absolute Gasteiger partial charge is 0.410 e. The molecule has 0 unspecified atom stereocenters. The third kappa shape index (κ3) is 5.53. The van der Waals surface area contributed by atoms with Gasteiger partial charge in [-0.05, 0) is 51.8 Å². The van der Waals surface area contributed by atoms with Crippen molar-refractivity contribution in [3.05, 3.63) is 40.2 Å². The van der Waals surface area contributed by atoms with Gasteiger partial charge in [-0.15, -0.1) is 0 Å². The Morgan fingerprint density at radius 1 is 1.26 bits per heavy atom. The molecular formula is C28H36ClN5O5. The Labute approximate surface area is 233 Å². The molecule has 210 valence electrons. The highest BCUT2D eigenvalue weighted by molar-refractivity contribution is 6.33. The number of aromatic nitrogens is 2. The minimum Gasteiger partial charge on any atom is -0.491 e. The Hall–Kier alpha value is -3.37. The average Bonchev–Trinajstić information content (AvgIpc) is 2.83. The molecule has 2 aliphatic rings. The van der Waals surface area contributed by atoms with Crippen molar-refractivity contribution >= 4 is 34.9 Å². The van der Waals surface area contributed by atoms with Crippen LogP contribution in [0.5, 0.6) is 5.75 Å². The van der Waals surface area contributed by atoms with Crippen molar-refractivity contribution in [3.8, 4) is 17.1 Å². The molecule has 1 aromatic heterocycles. The molecule has 4 rings (SSSR count). The number of benzene rings is 1. The van der Waals surface area contributed by atoms with E-state index in [0.29, 0.717) is 76.6 Å². The molecule has 1 amide bonds. The van der Waals surface area contributed by atoms with Crippen molar-refractivity contribution in [2.75, 3.05) is 38.3 Å². The zero-order chi connectivity index (χ0) is 28.5. The van der Waals surface area contributed by atoms with Gasteiger partial charge >= 0.3 is 6.09 Å². The van der Waals surface area contributed by atoms with Crippen LogP contribution in [0.2, 0.25) is 5.02 Å². The van der Waals surface area contributed by atoms with Crippen LogP contribution in [0.3, 0.4) is 0 Å². The first-order valence-corrected chi connectivity index (χ1v) is 13.5. The van der Waals surface area contributed by atoms with Gasteiger partial charge in [-0.1, -0.05) is 24.9 Å². The van der Waals surface area contributed by atoms with Gasteiger partial charge in [0.2, 0.25) is 0 Å². The molecule has 39 heavy (non-hydrogen) atoms. The summed E-state index contributed by atoms with van der Waals surface area (Å²) in [7, 11) is 1.38. The topological polar surface area (TPSA) is 131 Å². The van der Waals surface area contributed by atoms with Crippen LogP contribution in [0, 0.1) is 6.92 Å². The monoisotopic (exact) mass is 557 g/mol. The van der Waals surface area contributed by atoms with Crippen LogP contribution in [0.25, 0.3) is 17.0 Å². The van der Waals surface area contributed by atoms with E-state index in [4.69, 9.17) is 36.8 Å². The molecule has 2 saturated heterocycles. The van der Waals surface area contributed by atoms with Gasteiger partial charge in [0.15, 0.2) is 11.6 Å². The summed E-state index contributed by atoms with van der Waals surface area (Å²) < 4.78 is 10.8. The number of ketones is 1. The number of likely N-dealkylation sites (tertiary alicyclic amines) is 1. The maximum Gasteiger partial charge on any atom is 0.410 e. The van der Waals surface area contributed by atoms with E-state index in [2.05, 4.69) is 4.90 Å². The highest BCUT2D eigenvalue weighted by Crippen LogP contribution is 2.43. The summed E-state index contributed by atoms with van der Waals surface area (Å²) in [4.78, 5) is 38.3. The maximum absolute atomic E-state index is 12.6. The Balaban J connectivity index is 1.75. The summed E-state index contributed by atoms with van der Waals surface area (Å²) in [6.45, 7) is 8.93. The van der Waals surface area contributed by atoms with Crippen LogP contribution in [0.15, 0.2) is 23.9 Å². The number of carbonyl (C=O) groups is 2. The summed E-state index contributed by atoms with van der Waals surface area (Å²) in [6, 6.07) is 5.15. The zero-order valence-electron chi connectivity index (χ0n) is 23.1. The van der Waals surface area contributed by atoms with Gasteiger partial charge in [0.25, 0.3) is 0 Å². The molecule has 10 nitrogen and oxygen atoms in total. The van der Waals surface area contributed by atoms with Crippen LogP contribution in [-0.2, 0) is 9.53 Å². The number of halogens is 1. The number of hydrogen-bond acceptors (Lipinski definition) is 9. The van der Waals surface area contributed by atoms with E-state index < -0.39 is 6.10 Å². The van der Waals surface area contributed by atoms with Crippen LogP contribution >= 0.6 is 11.6 Å². The van der Waals surface area contributed by atoms with Crippen LogP contribution in [0.4, 0.5) is 10.6 Å². The number of aliphatic hydroxyl groups excluding tert-OH is 1. The lowest BCUT2D eigenvalue weighted by Gasteiger charge is -2.62. The lowest BCUT2D eigenvalue weighted by atomic mass is 9.77. The Morgan fingerprint density at radius 3 is 2.54 bits per heavy atom. The van der Waals surface area contributed by atoms with Crippen molar-refractivity contribution in [2.24, 2.45) is 5.73 Å². The number of ether oxygens (including phenoxy) is 2. The number of allylic oxidation sites excluding steroid dienone is 2. The summed E-state index contributed by atoms with van der Waals surface area (Å²) >= 11 is 6.61. The van der Waals surface area contributed by atoms with Gasteiger partial charge in [0.1, 0.15) is 18.2 Å². The van der Waals surface area contributed by atoms with Crippen molar-refractivity contribution in [2.45, 2.75) is 58.6 Å². The normalized spacial score (nSPS) is 17.2. The van der Waals surface area contributed by atoms with E-state index >= 15 is 0 Å². The number of nitrogens with two attached hydrogens (primary N) is 1. The van der Waals surface area contributed by atoms with Crippen molar-refractivity contribution in [1.29, 1.82) is 0 Å². The standard InChI is InChI=1S/C28H36ClN5O5/c1-6-7-19(36)13-39-20-8-9-22(29)21(12-20)25-31-24(23(17(3)30)18(4)35)16(2)26(32-25)33-14-28(15-33)10-11-34(28)27(37)38-5/h8-9,12,19,36H,6-7,10-11,13-15,30H2,1-5H3/t19-/m1/s1. The van der Waals surface area contributed by atoms with Crippen LogP contribution < -0.4 is 15.4 Å². The number of amides is 1. The molecule has 0 saturated carbocycles. The molecule has 1 spiro atoms. The van der Waals surface area contributed by atoms with Crippen molar-refractivity contribution < 1.29 is 24.2 Å². The molecule has 2 aromatic rings. The first-order valence-electron chi connectivity index (χ1n) is 13.1. The van der Waals surface area contributed by atoms with Gasteiger partial charge in [-0.3, -0.25) is 9.69 Å². The predicted molar refractivity (Wildman–Crippen MR) is 150 cm³/mol. The fourth-order valence-corrected chi connectivity index (χ4v) is 5.46. The minimum atomic E-state index is -0.575. The lowest BCUT2D eigenvalue weighted by molar-refractivity contribution is -0.111. The number of rotatable bonds is 9. The largest absolute Gasteiger partial charge is 0.491 e. The second-order valence-corrected chi connectivity index (χ2v) is 10.7. The number of methoxy groups -OCH3 is 1. The predicted octanol–water partition coefficient (Wildman–Crippen LogP) is 3.95. The number of carbonyl (C=O) groups excluding carboxylic acids is 2. The molecule has 2 fully saturated rings. The minimum absolute atomic E-state index is 0.149. The number of anilines is 1. The van der Waals surface area contributed by atoms with Gasteiger partial charge in [-0.2, -0.15) is 0 Å². The van der Waals surface area contributed by atoms with E-state index in [0.717, 1.165) is 12.8 Å². The molecule has 3 N–H and O–H groups in total. The van der Waals surface area contributed by atoms with E-state index in [1.54, 1.807) is 30.0 Å². The summed E-state index contributed by atoms with van der Waals surface area (Å²) in [5.74, 6) is 1.26. The fourth-order valence-electron chi connectivity index (χ4n) is 5.26. The molecule has 11 heteroatoms. The second kappa shape index (κ2) is 11.4. The van der Waals surface area contributed by atoms with Crippen molar-refractivity contribution in [3.63, 3.8) is 0 Å². The Kier molecular flexibility index (Phi) is 8.37. The highest BCUT2D eigenvalue weighted by Gasteiger charge is 2.56. The molecule has 0 bridgehead atoms. The first-order chi connectivity index (χ1) is 18.5. The highest BCUT2D eigenvalue weighted by atomic mass is 35.5. The first kappa shape index (κ1) is 28.6. The SMILES string of the molecule is CCC[C@@H](O)COc1ccc(Cl)c(-c2nc(C(C(C)=O)=C(C)N)c(C)c(N3CC4(CCN4C(=O)OC)C3)n2)c1. The number of aliphatic hydroxyl groups is 1. The molecule has 0 aliphatic carbocycles. The average molecular weight is 558 g/mol. The molecule has 1 atom stereocenters. The lowest BCUT2D eigenvalue weighted by Crippen LogP contribution is -2.78. The van der Waals surface area contributed by atoms with Gasteiger partial charge < -0.3 is 25.2 Å². The molecule has 0 radical (unpaired) electrons. The zero-order valence-corrected chi connectivity index (χ0v) is 23.8. The number of hydrogen-bond donors (Lipinski definition) is 2. The fraction of sp³-hybridized carbons (Fsp3) is 0.500. The third-order valence-corrected chi connectivity index (χ3v) is 7.71. The van der Waals surface area contributed by atoms with Crippen LogP contribution in [-0.4, -0.2) is 76.8 Å². The molecule has 2 aliphatic heterocycles. The summed E-state index contributed by atoms with van der Waals surface area (Å²) in [5.41, 5.74) is 8.18. The van der Waals surface area contributed by atoms with E-state index in [1.165, 1.54) is 14.0 Å². The van der Waals surface area contributed by atoms with Gasteiger partial charge in [0, 0.05) is 36.5 Å². The van der Waals surface area contributed by atoms with E-state index in [-0.39, 0.29) is 24.0 Å². The quantitative estimate of drug-likeness (QED) is 0.440. The van der Waals surface area contributed by atoms with Gasteiger partial charge in [-0.25, -0.2) is 14.8 Å².